The highest BCUT2D eigenvalue weighted by Crippen LogP contribution is 2.17. The van der Waals surface area contributed by atoms with Crippen molar-refractivity contribution in [2.24, 2.45) is 5.41 Å². The third-order valence-electron chi connectivity index (χ3n) is 3.48. The molecule has 1 aliphatic heterocycles. The van der Waals surface area contributed by atoms with E-state index in [-0.39, 0.29) is 42.2 Å². The summed E-state index contributed by atoms with van der Waals surface area (Å²) in [7, 11) is 0. The largest absolute Gasteiger partial charge is 0.347 e. The Kier molecular flexibility index (Phi) is 7.52. The fourth-order valence-corrected chi connectivity index (χ4v) is 2.23. The van der Waals surface area contributed by atoms with Gasteiger partial charge in [-0.1, -0.05) is 20.8 Å². The minimum atomic E-state index is -0.0586. The van der Waals surface area contributed by atoms with Gasteiger partial charge in [0.1, 0.15) is 0 Å². The zero-order valence-electron chi connectivity index (χ0n) is 13.2. The van der Waals surface area contributed by atoms with E-state index in [1.165, 1.54) is 0 Å². The third-order valence-corrected chi connectivity index (χ3v) is 3.48. The lowest BCUT2D eigenvalue weighted by Gasteiger charge is -2.38. The molecule has 0 aromatic rings. The van der Waals surface area contributed by atoms with Crippen LogP contribution >= 0.6 is 12.4 Å². The van der Waals surface area contributed by atoms with Gasteiger partial charge < -0.3 is 15.5 Å². The molecular weight excluding hydrogens is 278 g/mol. The van der Waals surface area contributed by atoms with E-state index in [9.17, 15) is 9.59 Å². The van der Waals surface area contributed by atoms with Crippen LogP contribution in [0.1, 0.15) is 41.0 Å². The minimum Gasteiger partial charge on any atom is -0.347 e. The zero-order chi connectivity index (χ0) is 14.6. The number of piperazine rings is 1. The Balaban J connectivity index is 0.00000361. The molecule has 20 heavy (non-hydrogen) atoms. The molecular formula is C14H28ClN3O2. The van der Waals surface area contributed by atoms with Crippen LogP contribution in [0.25, 0.3) is 0 Å². The van der Waals surface area contributed by atoms with E-state index in [2.05, 4.69) is 17.6 Å². The predicted molar refractivity (Wildman–Crippen MR) is 83.0 cm³/mol. The molecule has 0 radical (unpaired) electrons. The molecule has 0 saturated carbocycles. The van der Waals surface area contributed by atoms with Gasteiger partial charge in [-0.3, -0.25) is 9.59 Å². The van der Waals surface area contributed by atoms with Gasteiger partial charge in [0, 0.05) is 31.6 Å². The van der Waals surface area contributed by atoms with Crippen LogP contribution in [0.2, 0.25) is 0 Å². The fraction of sp³-hybridized carbons (Fsp3) is 0.857. The van der Waals surface area contributed by atoms with E-state index in [0.717, 1.165) is 6.54 Å². The molecule has 2 atom stereocenters. The van der Waals surface area contributed by atoms with Crippen molar-refractivity contribution in [3.05, 3.63) is 0 Å². The second-order valence-electron chi connectivity index (χ2n) is 6.58. The summed E-state index contributed by atoms with van der Waals surface area (Å²) in [6.07, 6.45) is 0.438. The maximum atomic E-state index is 12.1. The highest BCUT2D eigenvalue weighted by atomic mass is 35.5. The first-order chi connectivity index (χ1) is 8.70. The lowest BCUT2D eigenvalue weighted by molar-refractivity contribution is -0.136. The predicted octanol–water partition coefficient (Wildman–Crippen LogP) is 1.17. The number of rotatable bonds is 3. The molecule has 2 unspecified atom stereocenters. The molecule has 2 N–H and O–H groups in total. The molecule has 5 nitrogen and oxygen atoms in total. The monoisotopic (exact) mass is 305 g/mol. The number of nitrogens with zero attached hydrogens (tertiary/aromatic N) is 1. The van der Waals surface area contributed by atoms with Gasteiger partial charge in [0.2, 0.25) is 11.8 Å². The van der Waals surface area contributed by atoms with Crippen LogP contribution in [0.5, 0.6) is 0 Å². The van der Waals surface area contributed by atoms with Crippen molar-refractivity contribution in [3.63, 3.8) is 0 Å². The van der Waals surface area contributed by atoms with Crippen LogP contribution < -0.4 is 10.6 Å². The number of hydrogen-bond acceptors (Lipinski definition) is 3. The molecule has 0 aromatic heterocycles. The van der Waals surface area contributed by atoms with Gasteiger partial charge in [-0.2, -0.15) is 0 Å². The average Bonchev–Trinajstić information content (AvgIpc) is 2.27. The molecule has 6 heteroatoms. The Morgan fingerprint density at radius 2 is 1.90 bits per heavy atom. The first kappa shape index (κ1) is 19.2. The maximum absolute atomic E-state index is 12.1. The van der Waals surface area contributed by atoms with Crippen LogP contribution in [0.4, 0.5) is 0 Å². The second kappa shape index (κ2) is 7.84. The molecule has 0 aliphatic carbocycles. The fourth-order valence-electron chi connectivity index (χ4n) is 2.23. The summed E-state index contributed by atoms with van der Waals surface area (Å²) in [5.74, 6) is -0.0557. The molecule has 1 aliphatic rings. The van der Waals surface area contributed by atoms with E-state index >= 15 is 0 Å². The van der Waals surface area contributed by atoms with E-state index in [1.54, 1.807) is 0 Å². The molecule has 1 heterocycles. The highest BCUT2D eigenvalue weighted by Gasteiger charge is 2.28. The standard InChI is InChI=1S/C14H27N3O2.ClH/c1-10-11(2)17(7-6-15-10)13(19)9-16-12(18)8-14(3,4)5;/h10-11,15H,6-9H2,1-5H3,(H,16,18);1H. The van der Waals surface area contributed by atoms with Gasteiger partial charge in [-0.15, -0.1) is 12.4 Å². The molecule has 0 bridgehead atoms. The van der Waals surface area contributed by atoms with Crippen molar-refractivity contribution in [1.29, 1.82) is 0 Å². The summed E-state index contributed by atoms with van der Waals surface area (Å²) in [4.78, 5) is 25.7. The Hall–Kier alpha value is -0.810. The van der Waals surface area contributed by atoms with Crippen LogP contribution in [-0.2, 0) is 9.59 Å². The minimum absolute atomic E-state index is 0. The van der Waals surface area contributed by atoms with E-state index in [4.69, 9.17) is 0 Å². The van der Waals surface area contributed by atoms with E-state index < -0.39 is 0 Å². The number of nitrogens with one attached hydrogen (secondary N) is 2. The molecule has 1 fully saturated rings. The van der Waals surface area contributed by atoms with Gasteiger partial charge in [-0.25, -0.2) is 0 Å². The molecule has 118 valence electrons. The second-order valence-corrected chi connectivity index (χ2v) is 6.58. The lowest BCUT2D eigenvalue weighted by Crippen LogP contribution is -2.58. The van der Waals surface area contributed by atoms with Crippen molar-refractivity contribution in [2.45, 2.75) is 53.1 Å². The molecule has 1 rings (SSSR count). The first-order valence-corrected chi connectivity index (χ1v) is 7.00. The number of hydrogen-bond donors (Lipinski definition) is 2. The number of halogens is 1. The summed E-state index contributed by atoms with van der Waals surface area (Å²) in [5, 5.41) is 6.05. The van der Waals surface area contributed by atoms with Gasteiger partial charge >= 0.3 is 0 Å². The van der Waals surface area contributed by atoms with Crippen molar-refractivity contribution >= 4 is 24.2 Å². The van der Waals surface area contributed by atoms with Crippen LogP contribution in [0.3, 0.4) is 0 Å². The number of carbonyl (C=O) groups excluding carboxylic acids is 2. The van der Waals surface area contributed by atoms with E-state index in [0.29, 0.717) is 19.0 Å². The van der Waals surface area contributed by atoms with Crippen molar-refractivity contribution in [1.82, 2.24) is 15.5 Å². The highest BCUT2D eigenvalue weighted by molar-refractivity contribution is 5.85. The summed E-state index contributed by atoms with van der Waals surface area (Å²) in [6, 6.07) is 0.462. The van der Waals surface area contributed by atoms with Gasteiger partial charge in [0.25, 0.3) is 0 Å². The number of carbonyl (C=O) groups is 2. The average molecular weight is 306 g/mol. The topological polar surface area (TPSA) is 61.4 Å². The normalized spacial score (nSPS) is 22.9. The van der Waals surface area contributed by atoms with Gasteiger partial charge in [0.05, 0.1) is 6.54 Å². The van der Waals surface area contributed by atoms with Crippen LogP contribution in [0.15, 0.2) is 0 Å². The van der Waals surface area contributed by atoms with Crippen LogP contribution in [-0.4, -0.2) is 48.4 Å². The number of amides is 2. The quantitative estimate of drug-likeness (QED) is 0.823. The Morgan fingerprint density at radius 3 is 2.45 bits per heavy atom. The van der Waals surface area contributed by atoms with E-state index in [1.807, 2.05) is 32.6 Å². The van der Waals surface area contributed by atoms with Crippen molar-refractivity contribution < 1.29 is 9.59 Å². The smallest absolute Gasteiger partial charge is 0.242 e. The summed E-state index contributed by atoms with van der Waals surface area (Å²) < 4.78 is 0. The summed E-state index contributed by atoms with van der Waals surface area (Å²) in [6.45, 7) is 11.8. The first-order valence-electron chi connectivity index (χ1n) is 7.00. The zero-order valence-corrected chi connectivity index (χ0v) is 14.0. The van der Waals surface area contributed by atoms with Crippen molar-refractivity contribution in [3.8, 4) is 0 Å². The van der Waals surface area contributed by atoms with Gasteiger partial charge in [0.15, 0.2) is 0 Å². The van der Waals surface area contributed by atoms with Crippen molar-refractivity contribution in [2.75, 3.05) is 19.6 Å². The molecule has 2 amide bonds. The van der Waals surface area contributed by atoms with Gasteiger partial charge in [-0.05, 0) is 19.3 Å². The van der Waals surface area contributed by atoms with Crippen LogP contribution in [0, 0.1) is 5.41 Å². The molecule has 0 spiro atoms. The Labute approximate surface area is 128 Å². The third kappa shape index (κ3) is 6.09. The Morgan fingerprint density at radius 1 is 1.30 bits per heavy atom. The lowest BCUT2D eigenvalue weighted by atomic mass is 9.92. The summed E-state index contributed by atoms with van der Waals surface area (Å²) >= 11 is 0. The maximum Gasteiger partial charge on any atom is 0.242 e. The SMILES string of the molecule is CC1NCCN(C(=O)CNC(=O)CC(C)(C)C)C1C.Cl. The Bertz CT molecular complexity index is 342. The molecule has 1 saturated heterocycles. The summed E-state index contributed by atoms with van der Waals surface area (Å²) in [5.41, 5.74) is -0.0516. The molecule has 0 aromatic carbocycles.